The average Bonchev–Trinajstić information content (AvgIpc) is 2.84. The van der Waals surface area contributed by atoms with Gasteiger partial charge in [-0.1, -0.05) is 0 Å². The molecule has 0 radical (unpaired) electrons. The lowest BCUT2D eigenvalue weighted by Crippen LogP contribution is -2.68. The maximum atomic E-state index is 11.5. The Hall–Kier alpha value is -1.09. The van der Waals surface area contributed by atoms with E-state index in [0.717, 1.165) is 6.92 Å². The van der Waals surface area contributed by atoms with Gasteiger partial charge in [0, 0.05) is 6.92 Å². The van der Waals surface area contributed by atoms with E-state index in [4.69, 9.17) is 23.7 Å². The first kappa shape index (κ1) is 29.5. The van der Waals surface area contributed by atoms with Gasteiger partial charge in [-0.15, -0.1) is 0 Å². The van der Waals surface area contributed by atoms with Crippen molar-refractivity contribution in [2.45, 2.75) is 106 Å². The number of carbonyl (C=O) groups excluding carboxylic acids is 1. The number of hydrogen-bond acceptors (Lipinski definition) is 15. The van der Waals surface area contributed by atoms with Crippen LogP contribution in [0.15, 0.2) is 0 Å². The van der Waals surface area contributed by atoms with E-state index >= 15 is 0 Å². The Bertz CT molecular complexity index is 731. The molecule has 210 valence electrons. The van der Waals surface area contributed by atoms with Crippen molar-refractivity contribution < 1.29 is 74.4 Å². The summed E-state index contributed by atoms with van der Waals surface area (Å²) >= 11 is 0. The molecule has 15 atom stereocenters. The van der Waals surface area contributed by atoms with Crippen LogP contribution in [0.5, 0.6) is 0 Å². The number of aliphatic hydroxyl groups excluding tert-OH is 9. The van der Waals surface area contributed by atoms with Gasteiger partial charge in [0.25, 0.3) is 0 Å². The fourth-order valence-electron chi connectivity index (χ4n) is 4.39. The summed E-state index contributed by atoms with van der Waals surface area (Å²) in [6.07, 6.45) is -22.1. The molecule has 0 aromatic heterocycles. The highest BCUT2D eigenvalue weighted by Crippen LogP contribution is 2.32. The van der Waals surface area contributed by atoms with Crippen LogP contribution in [0.25, 0.3) is 0 Å². The number of rotatable bonds is 7. The van der Waals surface area contributed by atoms with Crippen LogP contribution in [0.2, 0.25) is 0 Å². The molecule has 0 aromatic rings. The number of ether oxygens (including phenoxy) is 5. The first-order valence-electron chi connectivity index (χ1n) is 11.4. The third kappa shape index (κ3) is 5.97. The highest BCUT2D eigenvalue weighted by atomic mass is 16.8. The first-order valence-corrected chi connectivity index (χ1v) is 11.4. The van der Waals surface area contributed by atoms with Crippen molar-refractivity contribution >= 4 is 5.91 Å². The number of carbonyl (C=O) groups is 1. The van der Waals surface area contributed by atoms with Crippen molar-refractivity contribution in [2.75, 3.05) is 13.2 Å². The maximum absolute atomic E-state index is 11.5. The maximum Gasteiger partial charge on any atom is 0.217 e. The zero-order valence-electron chi connectivity index (χ0n) is 19.5. The van der Waals surface area contributed by atoms with Crippen LogP contribution in [-0.4, -0.2) is 157 Å². The van der Waals surface area contributed by atoms with E-state index < -0.39 is 111 Å². The Balaban J connectivity index is 1.86. The molecule has 0 spiro atoms. The number of nitrogens with one attached hydrogen (secondary N) is 1. The normalized spacial score (nSPS) is 50.0. The minimum atomic E-state index is -1.82. The smallest absolute Gasteiger partial charge is 0.217 e. The second kappa shape index (κ2) is 12.2. The molecule has 0 aliphatic carbocycles. The SMILES string of the molecule is CC(=O)NC1C(O)OC(CO)C(OC2OC(CO)C(O)C(O)C2OC2OC(C)C(O)C(O)C2O)C1O. The summed E-state index contributed by atoms with van der Waals surface area (Å²) < 4.78 is 27.5. The van der Waals surface area contributed by atoms with Gasteiger partial charge in [-0.25, -0.2) is 0 Å². The molecule has 15 unspecified atom stereocenters. The molecule has 0 bridgehead atoms. The fraction of sp³-hybridized carbons (Fsp3) is 0.950. The third-order valence-electron chi connectivity index (χ3n) is 6.46. The Morgan fingerprint density at radius 3 is 1.92 bits per heavy atom. The molecular weight excluding hydrogens is 494 g/mol. The fourth-order valence-corrected chi connectivity index (χ4v) is 4.39. The van der Waals surface area contributed by atoms with Crippen LogP contribution in [0.1, 0.15) is 13.8 Å². The van der Waals surface area contributed by atoms with Crippen LogP contribution in [0, 0.1) is 0 Å². The van der Waals surface area contributed by atoms with Crippen LogP contribution in [0.3, 0.4) is 0 Å². The molecular formula is C20H35NO15. The monoisotopic (exact) mass is 529 g/mol. The lowest BCUT2D eigenvalue weighted by molar-refractivity contribution is -0.382. The predicted molar refractivity (Wildman–Crippen MR) is 111 cm³/mol. The summed E-state index contributed by atoms with van der Waals surface area (Å²) in [7, 11) is 0. The van der Waals surface area contributed by atoms with E-state index in [1.165, 1.54) is 6.92 Å². The molecule has 3 saturated heterocycles. The van der Waals surface area contributed by atoms with Gasteiger partial charge in [0.05, 0.1) is 19.3 Å². The van der Waals surface area contributed by atoms with E-state index in [9.17, 15) is 50.8 Å². The van der Waals surface area contributed by atoms with Crippen LogP contribution < -0.4 is 5.32 Å². The molecule has 3 fully saturated rings. The van der Waals surface area contributed by atoms with Gasteiger partial charge in [-0.3, -0.25) is 4.79 Å². The lowest BCUT2D eigenvalue weighted by Gasteiger charge is -2.48. The molecule has 16 nitrogen and oxygen atoms in total. The van der Waals surface area contributed by atoms with Gasteiger partial charge in [0.15, 0.2) is 18.9 Å². The van der Waals surface area contributed by atoms with Gasteiger partial charge >= 0.3 is 0 Å². The van der Waals surface area contributed by atoms with Crippen LogP contribution in [0.4, 0.5) is 0 Å². The Morgan fingerprint density at radius 2 is 1.33 bits per heavy atom. The van der Waals surface area contributed by atoms with Crippen LogP contribution in [-0.2, 0) is 28.5 Å². The minimum Gasteiger partial charge on any atom is -0.394 e. The van der Waals surface area contributed by atoms with E-state index in [1.54, 1.807) is 0 Å². The van der Waals surface area contributed by atoms with Crippen molar-refractivity contribution in [3.05, 3.63) is 0 Å². The highest BCUT2D eigenvalue weighted by Gasteiger charge is 2.53. The summed E-state index contributed by atoms with van der Waals surface area (Å²) in [5.41, 5.74) is 0. The molecule has 36 heavy (non-hydrogen) atoms. The molecule has 10 N–H and O–H groups in total. The Morgan fingerprint density at radius 1 is 0.722 bits per heavy atom. The second-order valence-corrected chi connectivity index (χ2v) is 9.05. The molecule has 0 saturated carbocycles. The number of amides is 1. The van der Waals surface area contributed by atoms with E-state index in [0.29, 0.717) is 0 Å². The van der Waals surface area contributed by atoms with E-state index in [1.807, 2.05) is 0 Å². The first-order chi connectivity index (χ1) is 16.9. The van der Waals surface area contributed by atoms with Gasteiger partial charge in [0.1, 0.15) is 67.1 Å². The number of hydrogen-bond donors (Lipinski definition) is 10. The third-order valence-corrected chi connectivity index (χ3v) is 6.46. The average molecular weight is 529 g/mol. The molecule has 3 aliphatic heterocycles. The van der Waals surface area contributed by atoms with Gasteiger partial charge in [-0.2, -0.15) is 0 Å². The number of aliphatic hydroxyl groups is 9. The highest BCUT2D eigenvalue weighted by molar-refractivity contribution is 5.73. The van der Waals surface area contributed by atoms with Gasteiger partial charge in [-0.05, 0) is 6.92 Å². The summed E-state index contributed by atoms with van der Waals surface area (Å²) in [5.74, 6) is -0.616. The molecule has 1 amide bonds. The van der Waals surface area contributed by atoms with Gasteiger partial charge in [0.2, 0.25) is 5.91 Å². The zero-order valence-corrected chi connectivity index (χ0v) is 19.5. The predicted octanol–water partition coefficient (Wildman–Crippen LogP) is -6.40. The topological polar surface area (TPSA) is 257 Å². The van der Waals surface area contributed by atoms with Crippen molar-refractivity contribution in [1.82, 2.24) is 5.32 Å². The minimum absolute atomic E-state index is 0.616. The van der Waals surface area contributed by atoms with Crippen molar-refractivity contribution in [1.29, 1.82) is 0 Å². The van der Waals surface area contributed by atoms with Gasteiger partial charge < -0.3 is 75.0 Å². The van der Waals surface area contributed by atoms with Crippen molar-refractivity contribution in [3.8, 4) is 0 Å². The Labute approximate surface area is 205 Å². The largest absolute Gasteiger partial charge is 0.394 e. The Kier molecular flexibility index (Phi) is 9.97. The molecule has 3 heterocycles. The lowest BCUT2D eigenvalue weighted by atomic mass is 9.95. The standard InChI is InChI=1S/C20H35NO15/c1-5-10(25)13(28)15(30)19(32-5)36-17-14(29)11(26)7(3-22)34-20(17)35-16-8(4-23)33-18(31)9(12(16)27)21-6(2)24/h5,7-20,22-23,25-31H,3-4H2,1-2H3,(H,21,24). The summed E-state index contributed by atoms with van der Waals surface area (Å²) in [4.78, 5) is 11.5. The summed E-state index contributed by atoms with van der Waals surface area (Å²) in [6, 6.07) is -1.39. The quantitative estimate of drug-likeness (QED) is 0.147. The molecule has 16 heteroatoms. The summed E-state index contributed by atoms with van der Waals surface area (Å²) in [5, 5.41) is 93.8. The zero-order chi connectivity index (χ0) is 26.9. The molecule has 3 aliphatic rings. The van der Waals surface area contributed by atoms with Crippen molar-refractivity contribution in [3.63, 3.8) is 0 Å². The molecule has 3 rings (SSSR count). The second-order valence-electron chi connectivity index (χ2n) is 9.05. The van der Waals surface area contributed by atoms with Crippen LogP contribution >= 0.6 is 0 Å². The van der Waals surface area contributed by atoms with Crippen molar-refractivity contribution in [2.24, 2.45) is 0 Å². The van der Waals surface area contributed by atoms with E-state index in [-0.39, 0.29) is 0 Å². The van der Waals surface area contributed by atoms with E-state index in [2.05, 4.69) is 5.32 Å². The summed E-state index contributed by atoms with van der Waals surface area (Å²) in [6.45, 7) is 0.997. The molecule has 0 aromatic carbocycles.